The van der Waals surface area contributed by atoms with E-state index < -0.39 is 5.60 Å². The van der Waals surface area contributed by atoms with Crippen molar-refractivity contribution in [2.24, 2.45) is 0 Å². The summed E-state index contributed by atoms with van der Waals surface area (Å²) in [5.41, 5.74) is -0.872. The van der Waals surface area contributed by atoms with Crippen molar-refractivity contribution in [3.63, 3.8) is 0 Å². The van der Waals surface area contributed by atoms with Gasteiger partial charge in [0.05, 0.1) is 0 Å². The number of Topliss-reactive ketones (excluding diaryl/α,β-unsaturated/α-hetero) is 1. The Labute approximate surface area is 142 Å². The number of hydrogen-bond acceptors (Lipinski definition) is 4. The molecule has 2 heterocycles. The highest BCUT2D eigenvalue weighted by Crippen LogP contribution is 2.21. The van der Waals surface area contributed by atoms with Gasteiger partial charge in [-0.25, -0.2) is 0 Å². The van der Waals surface area contributed by atoms with E-state index in [-0.39, 0.29) is 0 Å². The van der Waals surface area contributed by atoms with Gasteiger partial charge in [-0.15, -0.1) is 6.42 Å². The Hall–Kier alpha value is -0.890. The fourth-order valence-electron chi connectivity index (χ4n) is 3.13. The van der Waals surface area contributed by atoms with Crippen LogP contribution in [0, 0.1) is 12.3 Å². The first-order valence-electron chi connectivity index (χ1n) is 8.97. The Kier molecular flexibility index (Phi) is 8.25. The minimum atomic E-state index is -0.872. The summed E-state index contributed by atoms with van der Waals surface area (Å²) in [7, 11) is 0. The first-order chi connectivity index (χ1) is 10.8. The molecule has 4 heteroatoms. The van der Waals surface area contributed by atoms with Gasteiger partial charge >= 0.3 is 0 Å². The molecule has 2 saturated heterocycles. The molecule has 0 aromatic rings. The normalized spacial score (nSPS) is 27.3. The number of aliphatic hydroxyl groups is 1. The Morgan fingerprint density at radius 3 is 2.22 bits per heavy atom. The fraction of sp³-hybridized carbons (Fsp3) is 0.842. The first kappa shape index (κ1) is 20.2. The number of carbonyl (C=O) groups is 1. The molecule has 2 aliphatic rings. The monoisotopic (exact) mass is 322 g/mol. The molecular formula is C19H34N2O2. The van der Waals surface area contributed by atoms with Crippen LogP contribution in [-0.2, 0) is 4.79 Å². The molecule has 4 nitrogen and oxygen atoms in total. The summed E-state index contributed by atoms with van der Waals surface area (Å²) in [6.07, 6.45) is 9.62. The second kappa shape index (κ2) is 9.42. The SMILES string of the molecule is C#CC1(O)CCCN(C(C)C)C1.CC(C)N1CCCC(=O)CC1. The summed E-state index contributed by atoms with van der Waals surface area (Å²) in [6.45, 7) is 12.4. The van der Waals surface area contributed by atoms with Crippen molar-refractivity contribution in [2.75, 3.05) is 26.2 Å². The number of piperidine rings is 1. The number of carbonyl (C=O) groups excluding carboxylic acids is 1. The van der Waals surface area contributed by atoms with Gasteiger partial charge in [0.25, 0.3) is 0 Å². The Morgan fingerprint density at radius 1 is 1.04 bits per heavy atom. The Balaban J connectivity index is 0.000000231. The molecule has 0 aromatic heterocycles. The van der Waals surface area contributed by atoms with Crippen LogP contribution in [0.5, 0.6) is 0 Å². The molecule has 2 fully saturated rings. The lowest BCUT2D eigenvalue weighted by atomic mass is 9.93. The molecule has 0 amide bonds. The third-order valence-corrected chi connectivity index (χ3v) is 4.81. The second-order valence-electron chi connectivity index (χ2n) is 7.37. The largest absolute Gasteiger partial charge is 0.376 e. The van der Waals surface area contributed by atoms with Crippen LogP contribution >= 0.6 is 0 Å². The molecule has 1 unspecified atom stereocenters. The van der Waals surface area contributed by atoms with Gasteiger partial charge in [0, 0.05) is 38.0 Å². The highest BCUT2D eigenvalue weighted by molar-refractivity contribution is 5.78. The summed E-state index contributed by atoms with van der Waals surface area (Å²) in [5, 5.41) is 9.82. The number of ketones is 1. The maximum absolute atomic E-state index is 11.0. The van der Waals surface area contributed by atoms with Crippen molar-refractivity contribution in [1.82, 2.24) is 9.80 Å². The quantitative estimate of drug-likeness (QED) is 0.792. The van der Waals surface area contributed by atoms with E-state index in [9.17, 15) is 9.90 Å². The highest BCUT2D eigenvalue weighted by Gasteiger charge is 2.31. The number of hydrogen-bond donors (Lipinski definition) is 1. The third kappa shape index (κ3) is 7.03. The van der Waals surface area contributed by atoms with Crippen LogP contribution in [0.3, 0.4) is 0 Å². The molecule has 0 radical (unpaired) electrons. The third-order valence-electron chi connectivity index (χ3n) is 4.81. The number of rotatable bonds is 2. The van der Waals surface area contributed by atoms with Crippen LogP contribution in [0.25, 0.3) is 0 Å². The number of nitrogens with zero attached hydrogens (tertiary/aromatic N) is 2. The molecule has 0 bridgehead atoms. The summed E-state index contributed by atoms with van der Waals surface area (Å²) in [5.74, 6) is 2.92. The van der Waals surface area contributed by atoms with Crippen molar-refractivity contribution in [1.29, 1.82) is 0 Å². The lowest BCUT2D eigenvalue weighted by molar-refractivity contribution is -0.118. The van der Waals surface area contributed by atoms with E-state index in [4.69, 9.17) is 6.42 Å². The highest BCUT2D eigenvalue weighted by atomic mass is 16.3. The second-order valence-corrected chi connectivity index (χ2v) is 7.37. The van der Waals surface area contributed by atoms with Gasteiger partial charge in [-0.05, 0) is 60.0 Å². The van der Waals surface area contributed by atoms with E-state index in [1.54, 1.807) is 0 Å². The average molecular weight is 322 g/mol. The van der Waals surface area contributed by atoms with E-state index in [2.05, 4.69) is 43.4 Å². The van der Waals surface area contributed by atoms with Gasteiger partial charge in [-0.2, -0.15) is 0 Å². The zero-order valence-corrected chi connectivity index (χ0v) is 15.3. The van der Waals surface area contributed by atoms with E-state index in [1.165, 1.54) is 0 Å². The summed E-state index contributed by atoms with van der Waals surface area (Å²) < 4.78 is 0. The van der Waals surface area contributed by atoms with Gasteiger partial charge in [-0.3, -0.25) is 9.69 Å². The lowest BCUT2D eigenvalue weighted by Crippen LogP contribution is -2.49. The van der Waals surface area contributed by atoms with Gasteiger partial charge in [0.2, 0.25) is 0 Å². The summed E-state index contributed by atoms with van der Waals surface area (Å²) in [4.78, 5) is 15.6. The number of likely N-dealkylation sites (tertiary alicyclic amines) is 2. The van der Waals surface area contributed by atoms with Crippen LogP contribution in [0.4, 0.5) is 0 Å². The average Bonchev–Trinajstić information content (AvgIpc) is 2.73. The summed E-state index contributed by atoms with van der Waals surface area (Å²) in [6, 6.07) is 1.08. The van der Waals surface area contributed by atoms with E-state index in [0.29, 0.717) is 24.4 Å². The first-order valence-corrected chi connectivity index (χ1v) is 8.97. The van der Waals surface area contributed by atoms with E-state index in [1.807, 2.05) is 0 Å². The van der Waals surface area contributed by atoms with Crippen LogP contribution in [0.2, 0.25) is 0 Å². The molecule has 1 N–H and O–H groups in total. The lowest BCUT2D eigenvalue weighted by Gasteiger charge is -2.38. The topological polar surface area (TPSA) is 43.8 Å². The minimum absolute atomic E-state index is 0.438. The number of β-amino-alcohol motifs (C(OH)–C–C–N with tert-alkyl or cyclic N) is 1. The smallest absolute Gasteiger partial charge is 0.137 e. The van der Waals surface area contributed by atoms with Crippen LogP contribution in [-0.4, -0.2) is 64.6 Å². The Bertz CT molecular complexity index is 414. The van der Waals surface area contributed by atoms with Crippen molar-refractivity contribution in [3.05, 3.63) is 0 Å². The van der Waals surface area contributed by atoms with Crippen LogP contribution in [0.1, 0.15) is 59.8 Å². The number of terminal acetylenes is 1. The molecule has 0 saturated carbocycles. The van der Waals surface area contributed by atoms with Crippen molar-refractivity contribution in [3.8, 4) is 12.3 Å². The molecule has 0 aliphatic carbocycles. The van der Waals surface area contributed by atoms with Gasteiger partial charge in [0.1, 0.15) is 11.4 Å². The Morgan fingerprint density at radius 2 is 1.65 bits per heavy atom. The van der Waals surface area contributed by atoms with Gasteiger partial charge < -0.3 is 10.0 Å². The molecular weight excluding hydrogens is 288 g/mol. The van der Waals surface area contributed by atoms with E-state index in [0.717, 1.165) is 51.7 Å². The van der Waals surface area contributed by atoms with Crippen LogP contribution < -0.4 is 0 Å². The molecule has 23 heavy (non-hydrogen) atoms. The predicted molar refractivity (Wildman–Crippen MR) is 95.3 cm³/mol. The van der Waals surface area contributed by atoms with Gasteiger partial charge in [-0.1, -0.05) is 5.92 Å². The maximum atomic E-state index is 11.0. The van der Waals surface area contributed by atoms with Crippen molar-refractivity contribution >= 4 is 5.78 Å². The predicted octanol–water partition coefficient (Wildman–Crippen LogP) is 2.30. The minimum Gasteiger partial charge on any atom is -0.376 e. The maximum Gasteiger partial charge on any atom is 0.137 e. The zero-order valence-electron chi connectivity index (χ0n) is 15.3. The fourth-order valence-corrected chi connectivity index (χ4v) is 3.13. The summed E-state index contributed by atoms with van der Waals surface area (Å²) >= 11 is 0. The van der Waals surface area contributed by atoms with Crippen LogP contribution in [0.15, 0.2) is 0 Å². The molecule has 0 spiro atoms. The van der Waals surface area contributed by atoms with E-state index >= 15 is 0 Å². The van der Waals surface area contributed by atoms with Gasteiger partial charge in [0.15, 0.2) is 0 Å². The molecule has 2 rings (SSSR count). The standard InChI is InChI=1S/C10H17NO.C9H17NO/c1-4-10(12)6-5-7-11(8-10)9(2)3;1-8(2)10-6-3-4-9(11)5-7-10/h1,9,12H,5-8H2,2-3H3;8H,3-7H2,1-2H3. The molecule has 132 valence electrons. The molecule has 0 aromatic carbocycles. The van der Waals surface area contributed by atoms with Crippen molar-refractivity contribution < 1.29 is 9.90 Å². The molecule has 1 atom stereocenters. The molecule has 2 aliphatic heterocycles. The van der Waals surface area contributed by atoms with Crippen molar-refractivity contribution in [2.45, 2.75) is 77.5 Å². The zero-order chi connectivity index (χ0) is 17.5.